The molecule has 24 heavy (non-hydrogen) atoms. The van der Waals surface area contributed by atoms with Crippen LogP contribution in [0.4, 0.5) is 11.5 Å². The molecule has 7 heteroatoms. The maximum Gasteiger partial charge on any atom is 0.257 e. The van der Waals surface area contributed by atoms with Gasteiger partial charge in [-0.2, -0.15) is 0 Å². The van der Waals surface area contributed by atoms with Crippen molar-refractivity contribution in [2.75, 3.05) is 12.4 Å². The molecular formula is C17H18N6O. The van der Waals surface area contributed by atoms with Crippen molar-refractivity contribution in [2.45, 2.75) is 13.5 Å². The minimum atomic E-state index is -0.186. The third-order valence-corrected chi connectivity index (χ3v) is 3.61. The predicted molar refractivity (Wildman–Crippen MR) is 94.2 cm³/mol. The Morgan fingerprint density at radius 3 is 2.96 bits per heavy atom. The minimum absolute atomic E-state index is 0.186. The van der Waals surface area contributed by atoms with Crippen LogP contribution in [0.25, 0.3) is 5.57 Å². The van der Waals surface area contributed by atoms with Gasteiger partial charge >= 0.3 is 0 Å². The number of carbonyl (C=O) groups is 1. The number of amides is 1. The SMILES string of the molecule is CN=CC(=CN)c1nc2c(c(Nc3cccc(C)c3)n1)C(=O)NC2. The molecule has 0 radical (unpaired) electrons. The fraction of sp³-hybridized carbons (Fsp3) is 0.176. The number of aryl methyl sites for hydroxylation is 1. The first-order valence-corrected chi connectivity index (χ1v) is 7.49. The van der Waals surface area contributed by atoms with E-state index >= 15 is 0 Å². The van der Waals surface area contributed by atoms with Gasteiger partial charge in [0.2, 0.25) is 0 Å². The van der Waals surface area contributed by atoms with E-state index in [4.69, 9.17) is 5.73 Å². The first-order valence-electron chi connectivity index (χ1n) is 7.49. The fourth-order valence-electron chi connectivity index (χ4n) is 2.52. The zero-order valence-electron chi connectivity index (χ0n) is 13.5. The molecule has 0 bridgehead atoms. The number of anilines is 2. The van der Waals surface area contributed by atoms with Crippen LogP contribution in [0.2, 0.25) is 0 Å². The molecule has 2 heterocycles. The van der Waals surface area contributed by atoms with Gasteiger partial charge < -0.3 is 16.4 Å². The summed E-state index contributed by atoms with van der Waals surface area (Å²) in [5.41, 5.74) is 9.30. The predicted octanol–water partition coefficient (Wildman–Crippen LogP) is 1.77. The molecule has 1 amide bonds. The summed E-state index contributed by atoms with van der Waals surface area (Å²) in [5.74, 6) is 0.696. The van der Waals surface area contributed by atoms with Crippen LogP contribution in [0.5, 0.6) is 0 Å². The second kappa shape index (κ2) is 6.49. The molecule has 0 atom stereocenters. The van der Waals surface area contributed by atoms with E-state index in [1.54, 1.807) is 13.3 Å². The van der Waals surface area contributed by atoms with Crippen molar-refractivity contribution in [2.24, 2.45) is 10.7 Å². The van der Waals surface area contributed by atoms with Gasteiger partial charge in [-0.25, -0.2) is 9.97 Å². The highest BCUT2D eigenvalue weighted by Crippen LogP contribution is 2.26. The Balaban J connectivity index is 2.09. The van der Waals surface area contributed by atoms with E-state index in [2.05, 4.69) is 25.6 Å². The number of hydrogen-bond acceptors (Lipinski definition) is 6. The van der Waals surface area contributed by atoms with E-state index in [0.29, 0.717) is 35.0 Å². The van der Waals surface area contributed by atoms with E-state index in [1.165, 1.54) is 6.20 Å². The average molecular weight is 322 g/mol. The molecule has 1 aliphatic heterocycles. The van der Waals surface area contributed by atoms with Gasteiger partial charge in [-0.3, -0.25) is 9.79 Å². The zero-order chi connectivity index (χ0) is 17.1. The summed E-state index contributed by atoms with van der Waals surface area (Å²) < 4.78 is 0. The van der Waals surface area contributed by atoms with E-state index in [-0.39, 0.29) is 5.91 Å². The Bertz CT molecular complexity index is 856. The Morgan fingerprint density at radius 1 is 1.42 bits per heavy atom. The van der Waals surface area contributed by atoms with Gasteiger partial charge in [-0.15, -0.1) is 0 Å². The summed E-state index contributed by atoms with van der Waals surface area (Å²) in [6, 6.07) is 7.84. The summed E-state index contributed by atoms with van der Waals surface area (Å²) in [6.45, 7) is 2.37. The second-order valence-electron chi connectivity index (χ2n) is 5.40. The normalized spacial score (nSPS) is 13.9. The van der Waals surface area contributed by atoms with Gasteiger partial charge in [0.05, 0.1) is 17.8 Å². The number of aromatic nitrogens is 2. The maximum absolute atomic E-state index is 12.1. The number of hydrogen-bond donors (Lipinski definition) is 3. The number of allylic oxidation sites excluding steroid dienone is 1. The van der Waals surface area contributed by atoms with Gasteiger partial charge in [0.1, 0.15) is 11.4 Å². The van der Waals surface area contributed by atoms with Gasteiger partial charge in [0.15, 0.2) is 5.82 Å². The van der Waals surface area contributed by atoms with E-state index < -0.39 is 0 Å². The molecule has 0 fully saturated rings. The van der Waals surface area contributed by atoms with Crippen LogP contribution >= 0.6 is 0 Å². The summed E-state index contributed by atoms with van der Waals surface area (Å²) in [6.07, 6.45) is 2.98. The number of nitrogens with two attached hydrogens (primary N) is 1. The molecule has 0 aliphatic carbocycles. The van der Waals surface area contributed by atoms with Crippen molar-refractivity contribution in [1.82, 2.24) is 15.3 Å². The van der Waals surface area contributed by atoms with Gasteiger partial charge in [-0.1, -0.05) is 12.1 Å². The lowest BCUT2D eigenvalue weighted by atomic mass is 10.2. The van der Waals surface area contributed by atoms with Gasteiger partial charge in [0.25, 0.3) is 5.91 Å². The standard InChI is InChI=1S/C17H18N6O/c1-10-4-3-5-12(6-10)21-16-14-13(9-20-17(14)24)22-15(23-16)11(7-18)8-19-2/h3-8H,9,18H2,1-2H3,(H,20,24)(H,21,22,23). The molecule has 0 spiro atoms. The highest BCUT2D eigenvalue weighted by molar-refractivity contribution is 6.09. The number of benzene rings is 1. The monoisotopic (exact) mass is 322 g/mol. The smallest absolute Gasteiger partial charge is 0.257 e. The third-order valence-electron chi connectivity index (χ3n) is 3.61. The second-order valence-corrected chi connectivity index (χ2v) is 5.40. The molecule has 0 saturated heterocycles. The molecule has 7 nitrogen and oxygen atoms in total. The summed E-state index contributed by atoms with van der Waals surface area (Å²) in [4.78, 5) is 25.0. The zero-order valence-corrected chi connectivity index (χ0v) is 13.5. The lowest BCUT2D eigenvalue weighted by Crippen LogP contribution is -2.14. The van der Waals surface area contributed by atoms with Gasteiger partial charge in [0, 0.05) is 25.1 Å². The number of carbonyl (C=O) groups excluding carboxylic acids is 1. The fourth-order valence-corrected chi connectivity index (χ4v) is 2.52. The molecule has 4 N–H and O–H groups in total. The molecular weight excluding hydrogens is 304 g/mol. The van der Waals surface area contributed by atoms with Crippen molar-refractivity contribution in [3.05, 3.63) is 53.1 Å². The first kappa shape index (κ1) is 15.7. The van der Waals surface area contributed by atoms with Crippen LogP contribution in [0.15, 0.2) is 35.5 Å². The van der Waals surface area contributed by atoms with Crippen LogP contribution in [0.1, 0.15) is 27.4 Å². The molecule has 1 aliphatic rings. The van der Waals surface area contributed by atoms with Crippen LogP contribution in [0, 0.1) is 6.92 Å². The Kier molecular flexibility index (Phi) is 4.24. The Labute approximate surface area is 139 Å². The first-order chi connectivity index (χ1) is 11.6. The van der Waals surface area contributed by atoms with E-state index in [9.17, 15) is 4.79 Å². The maximum atomic E-state index is 12.1. The molecule has 1 aromatic carbocycles. The summed E-state index contributed by atoms with van der Waals surface area (Å²) in [5, 5.41) is 5.99. The summed E-state index contributed by atoms with van der Waals surface area (Å²) >= 11 is 0. The van der Waals surface area contributed by atoms with Crippen molar-refractivity contribution >= 4 is 29.2 Å². The number of rotatable bonds is 4. The lowest BCUT2D eigenvalue weighted by molar-refractivity contribution is 0.0966. The average Bonchev–Trinajstić information content (AvgIpc) is 2.94. The highest BCUT2D eigenvalue weighted by atomic mass is 16.2. The van der Waals surface area contributed by atoms with Crippen LogP contribution in [-0.4, -0.2) is 29.1 Å². The number of nitrogens with one attached hydrogen (secondary N) is 2. The van der Waals surface area contributed by atoms with E-state index in [0.717, 1.165) is 11.3 Å². The Hall–Kier alpha value is -3.22. The van der Waals surface area contributed by atoms with E-state index in [1.807, 2.05) is 31.2 Å². The van der Waals surface area contributed by atoms with Crippen molar-refractivity contribution in [1.29, 1.82) is 0 Å². The van der Waals surface area contributed by atoms with Crippen LogP contribution < -0.4 is 16.4 Å². The molecule has 122 valence electrons. The number of nitrogens with zero attached hydrogens (tertiary/aromatic N) is 3. The quantitative estimate of drug-likeness (QED) is 0.744. The van der Waals surface area contributed by atoms with Crippen molar-refractivity contribution in [3.63, 3.8) is 0 Å². The Morgan fingerprint density at radius 2 is 2.25 bits per heavy atom. The molecule has 2 aromatic rings. The van der Waals surface area contributed by atoms with Gasteiger partial charge in [-0.05, 0) is 24.6 Å². The minimum Gasteiger partial charge on any atom is -0.404 e. The largest absolute Gasteiger partial charge is 0.404 e. The van der Waals surface area contributed by atoms with Crippen LogP contribution in [-0.2, 0) is 6.54 Å². The molecule has 1 aromatic heterocycles. The summed E-state index contributed by atoms with van der Waals surface area (Å²) in [7, 11) is 1.65. The lowest BCUT2D eigenvalue weighted by Gasteiger charge is -2.11. The van der Waals surface area contributed by atoms with Crippen molar-refractivity contribution < 1.29 is 4.79 Å². The van der Waals surface area contributed by atoms with Crippen LogP contribution in [0.3, 0.4) is 0 Å². The topological polar surface area (TPSA) is 105 Å². The molecule has 0 unspecified atom stereocenters. The molecule has 0 saturated carbocycles. The number of aliphatic imine (C=N–C) groups is 1. The highest BCUT2D eigenvalue weighted by Gasteiger charge is 2.27. The van der Waals surface area contributed by atoms with Crippen molar-refractivity contribution in [3.8, 4) is 0 Å². The number of fused-ring (bicyclic) bond motifs is 1. The molecule has 3 rings (SSSR count). The third kappa shape index (κ3) is 2.96.